The number of anilines is 2. The van der Waals surface area contributed by atoms with Gasteiger partial charge in [0, 0.05) is 31.4 Å². The Hall–Kier alpha value is -4.71. The molecule has 0 aliphatic carbocycles. The maximum absolute atomic E-state index is 12.6. The van der Waals surface area contributed by atoms with Crippen LogP contribution in [0.4, 0.5) is 11.4 Å². The van der Waals surface area contributed by atoms with E-state index in [1.54, 1.807) is 23.0 Å². The van der Waals surface area contributed by atoms with E-state index in [9.17, 15) is 14.7 Å². The molecule has 0 unspecified atom stereocenters. The fourth-order valence-electron chi connectivity index (χ4n) is 6.49. The highest BCUT2D eigenvalue weighted by Gasteiger charge is 2.33. The number of amides is 2. The molecule has 2 amide bonds. The molecular weight excluding hydrogens is 725 g/mol. The molecule has 1 aliphatic heterocycles. The highest BCUT2D eigenvalue weighted by Crippen LogP contribution is 2.40. The molecule has 0 bridgehead atoms. The van der Waals surface area contributed by atoms with Crippen LogP contribution in [0.25, 0.3) is 11.1 Å². The van der Waals surface area contributed by atoms with Crippen LogP contribution in [0, 0.1) is 0 Å². The van der Waals surface area contributed by atoms with Gasteiger partial charge < -0.3 is 35.5 Å². The van der Waals surface area contributed by atoms with Crippen LogP contribution in [-0.4, -0.2) is 32.6 Å². The summed E-state index contributed by atoms with van der Waals surface area (Å²) in [6.07, 6.45) is 5.12. The molecule has 2 heterocycles. The van der Waals surface area contributed by atoms with E-state index in [-0.39, 0.29) is 35.8 Å². The molecule has 1 saturated heterocycles. The number of aromatic nitrogens is 2. The third kappa shape index (κ3) is 10.7. The topological polar surface area (TPSA) is 141 Å². The van der Waals surface area contributed by atoms with Gasteiger partial charge in [-0.3, -0.25) is 9.59 Å². The number of unbranched alkanes of at least 4 members (excludes halogenated alkanes) is 3. The maximum Gasteiger partial charge on any atom is 0.224 e. The average molecular weight is 771 g/mol. The molecule has 4 aromatic carbocycles. The number of aliphatic hydroxyl groups excluding tert-OH is 1. The smallest absolute Gasteiger partial charge is 0.224 e. The molecule has 1 aromatic heterocycles. The molecule has 0 spiro atoms. The highest BCUT2D eigenvalue weighted by atomic mass is 35.5. The monoisotopic (exact) mass is 769 g/mol. The number of imidazole rings is 1. The first-order valence-corrected chi connectivity index (χ1v) is 19.0. The number of carbonyl (C=O) groups excluding carboxylic acids is 2. The Labute approximate surface area is 325 Å². The number of benzene rings is 4. The van der Waals surface area contributed by atoms with Gasteiger partial charge in [0.15, 0.2) is 11.4 Å². The Bertz CT molecular complexity index is 2020. The van der Waals surface area contributed by atoms with Gasteiger partial charge >= 0.3 is 0 Å². The van der Waals surface area contributed by atoms with Crippen molar-refractivity contribution in [3.05, 3.63) is 136 Å². The van der Waals surface area contributed by atoms with Gasteiger partial charge in [-0.25, -0.2) is 4.98 Å². The van der Waals surface area contributed by atoms with Gasteiger partial charge in [0.2, 0.25) is 11.8 Å². The lowest BCUT2D eigenvalue weighted by Gasteiger charge is -2.36. The summed E-state index contributed by atoms with van der Waals surface area (Å²) in [5.41, 5.74) is 12.7. The van der Waals surface area contributed by atoms with E-state index in [2.05, 4.69) is 27.8 Å². The molecule has 0 radical (unpaired) electrons. The predicted molar refractivity (Wildman–Crippen MR) is 212 cm³/mol. The molecular formula is C42H45Cl2N5O5. The zero-order valence-corrected chi connectivity index (χ0v) is 31.4. The lowest BCUT2D eigenvalue weighted by Crippen LogP contribution is -2.32. The summed E-state index contributed by atoms with van der Waals surface area (Å²) in [5.74, 6) is -0.0572. The molecule has 6 rings (SSSR count). The molecule has 10 nitrogen and oxygen atoms in total. The van der Waals surface area contributed by atoms with Crippen molar-refractivity contribution < 1.29 is 24.2 Å². The molecule has 282 valence electrons. The average Bonchev–Trinajstić information content (AvgIpc) is 3.51. The van der Waals surface area contributed by atoms with E-state index in [1.165, 1.54) is 0 Å². The summed E-state index contributed by atoms with van der Waals surface area (Å²) in [7, 11) is 0. The quantitative estimate of drug-likeness (QED) is 0.0581. The van der Waals surface area contributed by atoms with Crippen LogP contribution < -0.4 is 16.4 Å². The summed E-state index contributed by atoms with van der Waals surface area (Å²) in [4.78, 5) is 29.0. The van der Waals surface area contributed by atoms with Crippen LogP contribution in [0.15, 0.2) is 103 Å². The Morgan fingerprint density at radius 3 is 2.26 bits per heavy atom. The number of ether oxygens (including phenoxy) is 2. The zero-order chi connectivity index (χ0) is 37.9. The first-order valence-electron chi connectivity index (χ1n) is 18.2. The minimum Gasteiger partial charge on any atom is -0.397 e. The van der Waals surface area contributed by atoms with Gasteiger partial charge in [-0.1, -0.05) is 109 Å². The van der Waals surface area contributed by atoms with Crippen molar-refractivity contribution in [1.29, 1.82) is 0 Å². The van der Waals surface area contributed by atoms with Gasteiger partial charge in [-0.2, -0.15) is 0 Å². The minimum atomic E-state index is -0.655. The van der Waals surface area contributed by atoms with Crippen molar-refractivity contribution >= 4 is 46.4 Å². The molecule has 1 fully saturated rings. The third-order valence-corrected chi connectivity index (χ3v) is 10.2. The van der Waals surface area contributed by atoms with E-state index in [1.807, 2.05) is 72.8 Å². The number of hydrogen-bond donors (Lipinski definition) is 4. The molecule has 12 heteroatoms. The lowest BCUT2D eigenvalue weighted by atomic mass is 9.98. The van der Waals surface area contributed by atoms with Crippen molar-refractivity contribution in [1.82, 2.24) is 14.9 Å². The number of para-hydroxylation sites is 2. The number of carbonyl (C=O) groups is 2. The predicted octanol–water partition coefficient (Wildman–Crippen LogP) is 8.77. The molecule has 3 atom stereocenters. The van der Waals surface area contributed by atoms with Gasteiger partial charge in [0.1, 0.15) is 5.15 Å². The maximum atomic E-state index is 12.6. The summed E-state index contributed by atoms with van der Waals surface area (Å²) in [6.45, 7) is 0.835. The number of nitrogen functional groups attached to an aromatic ring is 1. The Morgan fingerprint density at radius 1 is 0.815 bits per heavy atom. The van der Waals surface area contributed by atoms with Gasteiger partial charge in [-0.05, 0) is 64.9 Å². The first-order chi connectivity index (χ1) is 26.2. The normalized spacial score (nSPS) is 16.9. The Kier molecular flexibility index (Phi) is 13.8. The Balaban J connectivity index is 1.02. The van der Waals surface area contributed by atoms with Crippen molar-refractivity contribution in [3.63, 3.8) is 0 Å². The zero-order valence-electron chi connectivity index (χ0n) is 29.9. The second-order valence-electron chi connectivity index (χ2n) is 13.5. The SMILES string of the molecule is Nc1ccccc1NC(=O)CCCCCCC(=O)NCc1cccc(-c2cccc([C@@H]3O[C@H](Cn4cnc(Cl)c4Cl)C[C@H](c4ccc(CO)cc4)O3)c2)c1. The number of halogens is 2. The van der Waals surface area contributed by atoms with Crippen LogP contribution >= 0.6 is 23.2 Å². The van der Waals surface area contributed by atoms with E-state index >= 15 is 0 Å². The van der Waals surface area contributed by atoms with E-state index < -0.39 is 6.29 Å². The van der Waals surface area contributed by atoms with Crippen LogP contribution in [-0.2, 0) is 38.8 Å². The number of nitrogens with zero attached hydrogens (tertiary/aromatic N) is 2. The van der Waals surface area contributed by atoms with Gasteiger partial charge in [-0.15, -0.1) is 0 Å². The van der Waals surface area contributed by atoms with Crippen LogP contribution in [0.2, 0.25) is 10.3 Å². The summed E-state index contributed by atoms with van der Waals surface area (Å²) in [5, 5.41) is 16.0. The van der Waals surface area contributed by atoms with Gasteiger partial charge in [0.25, 0.3) is 0 Å². The van der Waals surface area contributed by atoms with Crippen LogP contribution in [0.3, 0.4) is 0 Å². The second-order valence-corrected chi connectivity index (χ2v) is 14.2. The molecule has 0 saturated carbocycles. The molecule has 5 N–H and O–H groups in total. The first kappa shape index (κ1) is 39.0. The second kappa shape index (κ2) is 19.1. The number of nitrogens with two attached hydrogens (primary N) is 1. The summed E-state index contributed by atoms with van der Waals surface area (Å²) >= 11 is 12.5. The number of nitrogens with one attached hydrogen (secondary N) is 2. The fourth-order valence-corrected chi connectivity index (χ4v) is 6.80. The van der Waals surface area contributed by atoms with E-state index in [0.29, 0.717) is 48.9 Å². The number of hydrogen-bond acceptors (Lipinski definition) is 7. The molecule has 54 heavy (non-hydrogen) atoms. The molecule has 5 aromatic rings. The Morgan fingerprint density at radius 2 is 1.54 bits per heavy atom. The third-order valence-electron chi connectivity index (χ3n) is 9.45. The summed E-state index contributed by atoms with van der Waals surface area (Å²) in [6, 6.07) is 31.2. The van der Waals surface area contributed by atoms with Crippen molar-refractivity contribution in [2.24, 2.45) is 0 Å². The number of aliphatic hydroxyl groups is 1. The fraction of sp³-hybridized carbons (Fsp3) is 0.310. The van der Waals surface area contributed by atoms with Crippen LogP contribution in [0.1, 0.15) is 79.6 Å². The minimum absolute atomic E-state index is 0.000605. The lowest BCUT2D eigenvalue weighted by molar-refractivity contribution is -0.252. The van der Waals surface area contributed by atoms with Crippen molar-refractivity contribution in [3.8, 4) is 11.1 Å². The van der Waals surface area contributed by atoms with E-state index in [4.69, 9.17) is 38.4 Å². The van der Waals surface area contributed by atoms with E-state index in [0.717, 1.165) is 59.1 Å². The van der Waals surface area contributed by atoms with Gasteiger partial charge in [0.05, 0.1) is 43.1 Å². The standard InChI is InChI=1S/C42H45Cl2N5O5/c43-40-41(44)49(27-47-40)25-34-23-37(30-19-17-28(26-50)18-20-30)54-42(53-34)33-12-8-11-32(22-33)31-10-7-9-29(21-31)24-46-38(51)15-3-1-2-4-16-39(52)48-36-14-6-5-13-35(36)45/h5-14,17-22,27,34,37,42,50H,1-4,15-16,23-26,45H2,(H,46,51)(H,48,52)/t34-,37+,42+/m0/s1. The number of rotatable bonds is 16. The summed E-state index contributed by atoms with van der Waals surface area (Å²) < 4.78 is 14.9. The van der Waals surface area contributed by atoms with Crippen LogP contribution in [0.5, 0.6) is 0 Å². The van der Waals surface area contributed by atoms with Crippen molar-refractivity contribution in [2.45, 2.75) is 83.1 Å². The molecule has 1 aliphatic rings. The largest absolute Gasteiger partial charge is 0.397 e. The highest BCUT2D eigenvalue weighted by molar-refractivity contribution is 6.40. The van der Waals surface area contributed by atoms with Crippen molar-refractivity contribution in [2.75, 3.05) is 11.1 Å².